The highest BCUT2D eigenvalue weighted by Gasteiger charge is 2.01. The van der Waals surface area contributed by atoms with E-state index in [0.717, 1.165) is 5.69 Å². The van der Waals surface area contributed by atoms with Crippen molar-refractivity contribution in [1.29, 1.82) is 0 Å². The van der Waals surface area contributed by atoms with Crippen LogP contribution < -0.4 is 0 Å². The van der Waals surface area contributed by atoms with Crippen LogP contribution in [0.3, 0.4) is 0 Å². The van der Waals surface area contributed by atoms with Crippen LogP contribution in [0.2, 0.25) is 0 Å². The zero-order valence-corrected chi connectivity index (χ0v) is 7.87. The number of rotatable bonds is 5. The van der Waals surface area contributed by atoms with E-state index in [-0.39, 0.29) is 6.61 Å². The molecule has 0 fully saturated rings. The molecule has 0 saturated heterocycles. The van der Waals surface area contributed by atoms with E-state index in [2.05, 4.69) is 9.98 Å². The number of pyridine rings is 1. The Hall–Kier alpha value is -1.26. The number of aromatic nitrogens is 1. The lowest BCUT2D eigenvalue weighted by atomic mass is 10.2. The van der Waals surface area contributed by atoms with Crippen molar-refractivity contribution in [1.82, 2.24) is 4.98 Å². The van der Waals surface area contributed by atoms with E-state index >= 15 is 0 Å². The van der Waals surface area contributed by atoms with Gasteiger partial charge in [0.15, 0.2) is 0 Å². The van der Waals surface area contributed by atoms with Crippen molar-refractivity contribution in [3.05, 3.63) is 30.1 Å². The van der Waals surface area contributed by atoms with Gasteiger partial charge >= 0.3 is 0 Å². The molecule has 0 aliphatic rings. The van der Waals surface area contributed by atoms with Crippen molar-refractivity contribution >= 4 is 6.21 Å². The van der Waals surface area contributed by atoms with E-state index in [4.69, 9.17) is 5.11 Å². The van der Waals surface area contributed by atoms with Crippen molar-refractivity contribution in [2.75, 3.05) is 6.61 Å². The maximum atomic E-state index is 9.41. The van der Waals surface area contributed by atoms with Crippen molar-refractivity contribution in [2.24, 2.45) is 4.99 Å². The molecular weight excluding hydrogens is 180 g/mol. The fourth-order valence-electron chi connectivity index (χ4n) is 1.01. The van der Waals surface area contributed by atoms with Crippen LogP contribution >= 0.6 is 0 Å². The fraction of sp³-hybridized carbons (Fsp3) is 0.400. The topological polar surface area (TPSA) is 65.7 Å². The third-order valence-corrected chi connectivity index (χ3v) is 1.65. The Labute approximate surface area is 83.0 Å². The van der Waals surface area contributed by atoms with Crippen LogP contribution in [-0.2, 0) is 6.42 Å². The normalized spacial score (nSPS) is 13.3. The van der Waals surface area contributed by atoms with Crippen LogP contribution in [-0.4, -0.2) is 34.2 Å². The molecule has 2 N–H and O–H groups in total. The van der Waals surface area contributed by atoms with Crippen molar-refractivity contribution in [2.45, 2.75) is 19.1 Å². The van der Waals surface area contributed by atoms with Gasteiger partial charge in [0.05, 0.1) is 0 Å². The van der Waals surface area contributed by atoms with Gasteiger partial charge in [-0.05, 0) is 12.1 Å². The third kappa shape index (κ3) is 4.11. The number of aliphatic hydroxyl groups excluding tert-OH is 2. The van der Waals surface area contributed by atoms with Gasteiger partial charge in [0.1, 0.15) is 6.23 Å². The summed E-state index contributed by atoms with van der Waals surface area (Å²) in [6.45, 7) is 0.0554. The molecule has 4 nitrogen and oxygen atoms in total. The number of aliphatic hydroxyl groups is 2. The molecule has 0 bridgehead atoms. The number of hydrogen-bond donors (Lipinski definition) is 2. The summed E-state index contributed by atoms with van der Waals surface area (Å²) in [7, 11) is 0. The largest absolute Gasteiger partial charge is 0.396 e. The van der Waals surface area contributed by atoms with E-state index in [0.29, 0.717) is 12.8 Å². The van der Waals surface area contributed by atoms with Crippen LogP contribution in [0.4, 0.5) is 0 Å². The molecule has 1 atom stereocenters. The molecule has 0 aliphatic heterocycles. The van der Waals surface area contributed by atoms with E-state index < -0.39 is 6.23 Å². The highest BCUT2D eigenvalue weighted by molar-refractivity contribution is 5.57. The predicted octanol–water partition coefficient (Wildman–Crippen LogP) is 0.396. The number of hydrogen-bond acceptors (Lipinski definition) is 4. The first-order chi connectivity index (χ1) is 6.83. The van der Waals surface area contributed by atoms with Crippen LogP contribution in [0.25, 0.3) is 0 Å². The molecule has 0 saturated carbocycles. The summed E-state index contributed by atoms with van der Waals surface area (Å²) in [5, 5.41) is 17.9. The van der Waals surface area contributed by atoms with E-state index in [1.165, 1.54) is 6.21 Å². The van der Waals surface area contributed by atoms with E-state index in [1.54, 1.807) is 6.20 Å². The van der Waals surface area contributed by atoms with Crippen LogP contribution in [0.1, 0.15) is 12.1 Å². The zero-order chi connectivity index (χ0) is 10.2. The Bertz CT molecular complexity index is 275. The molecular formula is C10H14N2O2. The molecule has 1 heterocycles. The van der Waals surface area contributed by atoms with Crippen LogP contribution in [0.15, 0.2) is 29.4 Å². The van der Waals surface area contributed by atoms with Crippen molar-refractivity contribution in [3.8, 4) is 0 Å². The number of nitrogens with zero attached hydrogens (tertiary/aromatic N) is 2. The predicted molar refractivity (Wildman–Crippen MR) is 54.1 cm³/mol. The van der Waals surface area contributed by atoms with Gasteiger partial charge < -0.3 is 10.2 Å². The molecule has 1 aromatic rings. The quantitative estimate of drug-likeness (QED) is 0.667. The molecule has 4 heteroatoms. The summed E-state index contributed by atoms with van der Waals surface area (Å²) in [5.41, 5.74) is 0.807. The Morgan fingerprint density at radius 1 is 1.50 bits per heavy atom. The zero-order valence-electron chi connectivity index (χ0n) is 7.87. The molecule has 0 amide bonds. The minimum atomic E-state index is -0.767. The van der Waals surface area contributed by atoms with Crippen molar-refractivity contribution in [3.63, 3.8) is 0 Å². The maximum Gasteiger partial charge on any atom is 0.150 e. The Kier molecular flexibility index (Phi) is 4.82. The first-order valence-corrected chi connectivity index (χ1v) is 4.53. The summed E-state index contributed by atoms with van der Waals surface area (Å²) in [6, 6.07) is 5.53. The molecule has 0 spiro atoms. The minimum absolute atomic E-state index is 0.0554. The molecule has 1 aromatic heterocycles. The standard InChI is InChI=1S/C10H14N2O2/c13-7-3-6-12-10(14)8-9-4-1-2-5-11-9/h1-2,4-6,10,13-14H,3,7-8H2. The third-order valence-electron chi connectivity index (χ3n) is 1.65. The van der Waals surface area contributed by atoms with Gasteiger partial charge in [0, 0.05) is 37.6 Å². The first-order valence-electron chi connectivity index (χ1n) is 4.53. The van der Waals surface area contributed by atoms with Crippen LogP contribution in [0.5, 0.6) is 0 Å². The van der Waals surface area contributed by atoms with Gasteiger partial charge in [0.2, 0.25) is 0 Å². The van der Waals surface area contributed by atoms with Gasteiger partial charge in [-0.25, -0.2) is 0 Å². The molecule has 14 heavy (non-hydrogen) atoms. The van der Waals surface area contributed by atoms with Gasteiger partial charge in [-0.1, -0.05) is 6.07 Å². The summed E-state index contributed by atoms with van der Waals surface area (Å²) >= 11 is 0. The average molecular weight is 194 g/mol. The molecule has 0 radical (unpaired) electrons. The molecule has 0 aliphatic carbocycles. The minimum Gasteiger partial charge on any atom is -0.396 e. The summed E-state index contributed by atoms with van der Waals surface area (Å²) < 4.78 is 0. The van der Waals surface area contributed by atoms with Gasteiger partial charge in [-0.3, -0.25) is 9.98 Å². The lowest BCUT2D eigenvalue weighted by Crippen LogP contribution is -2.08. The van der Waals surface area contributed by atoms with Gasteiger partial charge in [-0.2, -0.15) is 0 Å². The lowest BCUT2D eigenvalue weighted by Gasteiger charge is -2.03. The van der Waals surface area contributed by atoms with Gasteiger partial charge in [0.25, 0.3) is 0 Å². The smallest absolute Gasteiger partial charge is 0.150 e. The summed E-state index contributed by atoms with van der Waals surface area (Å²) in [4.78, 5) is 7.90. The lowest BCUT2D eigenvalue weighted by molar-refractivity contribution is 0.184. The maximum absolute atomic E-state index is 9.41. The van der Waals surface area contributed by atoms with Crippen molar-refractivity contribution < 1.29 is 10.2 Å². The molecule has 1 unspecified atom stereocenters. The highest BCUT2D eigenvalue weighted by Crippen LogP contribution is 1.99. The van der Waals surface area contributed by atoms with E-state index in [9.17, 15) is 5.11 Å². The Balaban J connectivity index is 2.37. The molecule has 76 valence electrons. The highest BCUT2D eigenvalue weighted by atomic mass is 16.3. The average Bonchev–Trinajstić information content (AvgIpc) is 2.20. The van der Waals surface area contributed by atoms with Crippen LogP contribution in [0, 0.1) is 0 Å². The second-order valence-electron chi connectivity index (χ2n) is 2.85. The molecule has 0 aromatic carbocycles. The Morgan fingerprint density at radius 3 is 3.00 bits per heavy atom. The van der Waals surface area contributed by atoms with Gasteiger partial charge in [-0.15, -0.1) is 0 Å². The second-order valence-corrected chi connectivity index (χ2v) is 2.85. The summed E-state index contributed by atoms with van der Waals surface area (Å²) in [6.07, 6.45) is 3.31. The number of aliphatic imine (C=N–C) groups is 1. The summed E-state index contributed by atoms with van der Waals surface area (Å²) in [5.74, 6) is 0. The SMILES string of the molecule is OCCC=NC(O)Cc1ccccn1. The monoisotopic (exact) mass is 194 g/mol. The Morgan fingerprint density at radius 2 is 2.36 bits per heavy atom. The van der Waals surface area contributed by atoms with E-state index in [1.807, 2.05) is 18.2 Å². The second kappa shape index (κ2) is 6.23. The first kappa shape index (κ1) is 10.8. The molecule has 1 rings (SSSR count). The fourth-order valence-corrected chi connectivity index (χ4v) is 1.01.